The van der Waals surface area contributed by atoms with Crippen molar-refractivity contribution in [1.82, 2.24) is 20.0 Å². The van der Waals surface area contributed by atoms with Gasteiger partial charge in [-0.15, -0.1) is 0 Å². The molecule has 2 aromatic heterocycles. The normalized spacial score (nSPS) is 17.0. The minimum atomic E-state index is 0.124. The molecule has 3 heterocycles. The summed E-state index contributed by atoms with van der Waals surface area (Å²) < 4.78 is 5.35. The van der Waals surface area contributed by atoms with Gasteiger partial charge in [-0.3, -0.25) is 4.90 Å². The van der Waals surface area contributed by atoms with Crippen LogP contribution in [0, 0.1) is 11.3 Å². The molecule has 0 amide bonds. The Bertz CT molecular complexity index is 681. The molecular weight excluding hydrogens is 292 g/mol. The molecule has 0 saturated carbocycles. The first kappa shape index (κ1) is 15.4. The lowest BCUT2D eigenvalue weighted by Crippen LogP contribution is -2.47. The largest absolute Gasteiger partial charge is 0.354 e. The van der Waals surface area contributed by atoms with Crippen LogP contribution < -0.4 is 4.90 Å². The Kier molecular flexibility index (Phi) is 4.53. The number of rotatable bonds is 4. The Morgan fingerprint density at radius 3 is 2.65 bits per heavy atom. The van der Waals surface area contributed by atoms with E-state index in [1.54, 1.807) is 6.20 Å². The number of nitrogens with zero attached hydrogens (tertiary/aromatic N) is 6. The Hall–Kier alpha value is -2.46. The van der Waals surface area contributed by atoms with E-state index < -0.39 is 0 Å². The van der Waals surface area contributed by atoms with E-state index >= 15 is 0 Å². The molecule has 0 aliphatic carbocycles. The average molecular weight is 312 g/mol. The quantitative estimate of drug-likeness (QED) is 0.851. The lowest BCUT2D eigenvalue weighted by atomic mass is 10.2. The van der Waals surface area contributed by atoms with Gasteiger partial charge in [0.25, 0.3) is 0 Å². The second-order valence-corrected chi connectivity index (χ2v) is 5.62. The Balaban J connectivity index is 1.60. The van der Waals surface area contributed by atoms with Gasteiger partial charge in [-0.2, -0.15) is 10.2 Å². The molecule has 7 heteroatoms. The van der Waals surface area contributed by atoms with E-state index in [0.717, 1.165) is 44.2 Å². The van der Waals surface area contributed by atoms with Gasteiger partial charge in [0.1, 0.15) is 11.9 Å². The van der Waals surface area contributed by atoms with E-state index in [4.69, 9.17) is 9.78 Å². The number of piperazine rings is 1. The van der Waals surface area contributed by atoms with Crippen molar-refractivity contribution in [3.05, 3.63) is 35.6 Å². The van der Waals surface area contributed by atoms with Gasteiger partial charge >= 0.3 is 0 Å². The lowest BCUT2D eigenvalue weighted by molar-refractivity contribution is 0.164. The molecule has 23 heavy (non-hydrogen) atoms. The molecule has 1 aliphatic rings. The highest BCUT2D eigenvalue weighted by molar-refractivity contribution is 5.42. The number of aromatic nitrogens is 3. The number of aryl methyl sites for hydroxylation is 1. The molecule has 1 saturated heterocycles. The van der Waals surface area contributed by atoms with Crippen molar-refractivity contribution in [2.24, 2.45) is 0 Å². The van der Waals surface area contributed by atoms with Gasteiger partial charge in [0.05, 0.1) is 11.6 Å². The van der Waals surface area contributed by atoms with Gasteiger partial charge in [0.2, 0.25) is 5.89 Å². The van der Waals surface area contributed by atoms with E-state index in [1.807, 2.05) is 19.1 Å². The van der Waals surface area contributed by atoms with Crippen LogP contribution in [0.3, 0.4) is 0 Å². The molecule has 0 aromatic carbocycles. The highest BCUT2D eigenvalue weighted by Gasteiger charge is 2.26. The number of pyridine rings is 1. The highest BCUT2D eigenvalue weighted by atomic mass is 16.5. The molecular formula is C16H20N6O. The van der Waals surface area contributed by atoms with Crippen molar-refractivity contribution in [1.29, 1.82) is 5.26 Å². The molecule has 2 aromatic rings. The van der Waals surface area contributed by atoms with E-state index in [2.05, 4.69) is 37.9 Å². The van der Waals surface area contributed by atoms with Gasteiger partial charge in [-0.25, -0.2) is 4.98 Å². The van der Waals surface area contributed by atoms with Gasteiger partial charge < -0.3 is 9.42 Å². The summed E-state index contributed by atoms with van der Waals surface area (Å²) in [5, 5.41) is 12.8. The molecule has 3 rings (SSSR count). The third-order valence-corrected chi connectivity index (χ3v) is 4.22. The zero-order valence-corrected chi connectivity index (χ0v) is 13.4. The molecule has 0 spiro atoms. The third-order valence-electron chi connectivity index (χ3n) is 4.22. The Labute approximate surface area is 135 Å². The summed E-state index contributed by atoms with van der Waals surface area (Å²) in [6, 6.07) is 5.93. The van der Waals surface area contributed by atoms with Crippen LogP contribution in [0.2, 0.25) is 0 Å². The summed E-state index contributed by atoms with van der Waals surface area (Å²) in [6.07, 6.45) is 2.41. The standard InChI is InChI=1S/C16H20N6O/c1-3-14-19-16(23-20-14)12(2)21-6-8-22(9-7-21)15-5-4-13(10-17)11-18-15/h4-5,11-12H,3,6-9H2,1-2H3. The van der Waals surface area contributed by atoms with Crippen molar-refractivity contribution in [3.8, 4) is 6.07 Å². The van der Waals surface area contributed by atoms with Crippen molar-refractivity contribution in [2.75, 3.05) is 31.1 Å². The molecule has 0 radical (unpaired) electrons. The number of hydrogen-bond donors (Lipinski definition) is 0. The number of anilines is 1. The van der Waals surface area contributed by atoms with Crippen molar-refractivity contribution in [3.63, 3.8) is 0 Å². The molecule has 0 bridgehead atoms. The van der Waals surface area contributed by atoms with Crippen LogP contribution in [-0.2, 0) is 6.42 Å². The minimum Gasteiger partial charge on any atom is -0.354 e. The van der Waals surface area contributed by atoms with Crippen molar-refractivity contribution in [2.45, 2.75) is 26.3 Å². The first-order valence-electron chi connectivity index (χ1n) is 7.89. The maximum atomic E-state index is 8.83. The average Bonchev–Trinajstić information content (AvgIpc) is 3.10. The second kappa shape index (κ2) is 6.75. The zero-order chi connectivity index (χ0) is 16.2. The Morgan fingerprint density at radius 2 is 2.09 bits per heavy atom. The zero-order valence-electron chi connectivity index (χ0n) is 13.4. The van der Waals surface area contributed by atoms with E-state index in [1.165, 1.54) is 0 Å². The van der Waals surface area contributed by atoms with Crippen LogP contribution in [0.15, 0.2) is 22.9 Å². The SMILES string of the molecule is CCc1noc(C(C)N2CCN(c3ccc(C#N)cn3)CC2)n1. The van der Waals surface area contributed by atoms with Crippen LogP contribution >= 0.6 is 0 Å². The summed E-state index contributed by atoms with van der Waals surface area (Å²) >= 11 is 0. The maximum absolute atomic E-state index is 8.83. The molecule has 120 valence electrons. The lowest BCUT2D eigenvalue weighted by Gasteiger charge is -2.37. The maximum Gasteiger partial charge on any atom is 0.243 e. The predicted octanol–water partition coefficient (Wildman–Crippen LogP) is 1.78. The van der Waals surface area contributed by atoms with Gasteiger partial charge in [-0.1, -0.05) is 12.1 Å². The van der Waals surface area contributed by atoms with E-state index in [-0.39, 0.29) is 6.04 Å². The smallest absolute Gasteiger partial charge is 0.243 e. The van der Waals surface area contributed by atoms with Crippen LogP contribution in [0.4, 0.5) is 5.82 Å². The van der Waals surface area contributed by atoms with Gasteiger partial charge in [0, 0.05) is 38.8 Å². The van der Waals surface area contributed by atoms with Crippen LogP contribution in [0.1, 0.15) is 37.2 Å². The highest BCUT2D eigenvalue weighted by Crippen LogP contribution is 2.22. The summed E-state index contributed by atoms with van der Waals surface area (Å²) in [7, 11) is 0. The first-order chi connectivity index (χ1) is 11.2. The van der Waals surface area contributed by atoms with Crippen molar-refractivity contribution < 1.29 is 4.52 Å². The molecule has 1 fully saturated rings. The van der Waals surface area contributed by atoms with Gasteiger partial charge in [-0.05, 0) is 19.1 Å². The van der Waals surface area contributed by atoms with E-state index in [0.29, 0.717) is 11.5 Å². The predicted molar refractivity (Wildman–Crippen MR) is 84.8 cm³/mol. The topological polar surface area (TPSA) is 82.1 Å². The van der Waals surface area contributed by atoms with Gasteiger partial charge in [0.15, 0.2) is 5.82 Å². The van der Waals surface area contributed by atoms with Crippen LogP contribution in [0.5, 0.6) is 0 Å². The number of hydrogen-bond acceptors (Lipinski definition) is 7. The first-order valence-corrected chi connectivity index (χ1v) is 7.89. The second-order valence-electron chi connectivity index (χ2n) is 5.62. The Morgan fingerprint density at radius 1 is 1.30 bits per heavy atom. The molecule has 1 atom stereocenters. The van der Waals surface area contributed by atoms with Crippen molar-refractivity contribution >= 4 is 5.82 Å². The monoisotopic (exact) mass is 312 g/mol. The summed E-state index contributed by atoms with van der Waals surface area (Å²) in [5.74, 6) is 2.36. The number of nitriles is 1. The fourth-order valence-corrected chi connectivity index (χ4v) is 2.71. The summed E-state index contributed by atoms with van der Waals surface area (Å²) in [4.78, 5) is 13.4. The van der Waals surface area contributed by atoms with Crippen LogP contribution in [-0.4, -0.2) is 46.2 Å². The van der Waals surface area contributed by atoms with Crippen LogP contribution in [0.25, 0.3) is 0 Å². The molecule has 0 N–H and O–H groups in total. The fourth-order valence-electron chi connectivity index (χ4n) is 2.71. The molecule has 7 nitrogen and oxygen atoms in total. The summed E-state index contributed by atoms with van der Waals surface area (Å²) in [6.45, 7) is 7.71. The third kappa shape index (κ3) is 3.32. The fraction of sp³-hybridized carbons (Fsp3) is 0.500. The summed E-state index contributed by atoms with van der Waals surface area (Å²) in [5.41, 5.74) is 0.587. The van der Waals surface area contributed by atoms with E-state index in [9.17, 15) is 0 Å². The molecule has 1 unspecified atom stereocenters. The minimum absolute atomic E-state index is 0.124. The molecule has 1 aliphatic heterocycles.